The third-order valence-corrected chi connectivity index (χ3v) is 4.92. The summed E-state index contributed by atoms with van der Waals surface area (Å²) in [5.41, 5.74) is 3.15. The maximum Gasteiger partial charge on any atom is 0.137 e. The van der Waals surface area contributed by atoms with Crippen molar-refractivity contribution in [3.05, 3.63) is 47.5 Å². The van der Waals surface area contributed by atoms with Crippen LogP contribution in [0.4, 0.5) is 0 Å². The lowest BCUT2D eigenvalue weighted by Gasteiger charge is -2.22. The van der Waals surface area contributed by atoms with Gasteiger partial charge in [-0.15, -0.1) is 10.2 Å². The minimum atomic E-state index is 0.0596. The molecular weight excluding hydrogens is 246 g/mol. The van der Waals surface area contributed by atoms with E-state index in [1.54, 1.807) is 5.56 Å². The molecule has 2 aromatic rings. The van der Waals surface area contributed by atoms with E-state index in [1.807, 2.05) is 6.33 Å². The van der Waals surface area contributed by atoms with Crippen LogP contribution in [0.25, 0.3) is 0 Å². The van der Waals surface area contributed by atoms with Crippen LogP contribution in [0.1, 0.15) is 56.0 Å². The van der Waals surface area contributed by atoms with Crippen LogP contribution >= 0.6 is 0 Å². The van der Waals surface area contributed by atoms with E-state index in [-0.39, 0.29) is 5.54 Å². The number of hydrogen-bond donors (Lipinski definition) is 0. The minimum absolute atomic E-state index is 0.0596. The van der Waals surface area contributed by atoms with Gasteiger partial charge in [0.1, 0.15) is 12.2 Å². The van der Waals surface area contributed by atoms with Crippen LogP contribution in [-0.4, -0.2) is 14.8 Å². The minimum Gasteiger partial charge on any atom is -0.312 e. The smallest absolute Gasteiger partial charge is 0.137 e. The van der Waals surface area contributed by atoms with E-state index >= 15 is 0 Å². The number of rotatable bonds is 1. The van der Waals surface area contributed by atoms with E-state index in [9.17, 15) is 0 Å². The number of aromatic nitrogens is 3. The molecule has 1 aromatic carbocycles. The Labute approximate surface area is 120 Å². The van der Waals surface area contributed by atoms with Gasteiger partial charge in [0, 0.05) is 11.5 Å². The van der Waals surface area contributed by atoms with Crippen molar-refractivity contribution in [2.24, 2.45) is 5.92 Å². The van der Waals surface area contributed by atoms with Crippen LogP contribution in [0.15, 0.2) is 30.6 Å². The molecule has 3 unspecified atom stereocenters. The zero-order chi connectivity index (χ0) is 13.9. The second-order valence-electron chi connectivity index (χ2n) is 7.18. The van der Waals surface area contributed by atoms with Gasteiger partial charge in [-0.1, -0.05) is 24.3 Å². The Morgan fingerprint density at radius 1 is 1.15 bits per heavy atom. The lowest BCUT2D eigenvalue weighted by molar-refractivity contribution is 0.379. The zero-order valence-electron chi connectivity index (χ0n) is 12.4. The summed E-state index contributed by atoms with van der Waals surface area (Å²) in [4.78, 5) is 0. The standard InChI is InChI=1S/C17H21N3/c1-17(2,3)20-10-18-19-16(20)15-13-9-8-11-6-4-5-7-12(11)14(13)15/h4-7,10,13-15H,8-9H2,1-3H3. The van der Waals surface area contributed by atoms with E-state index in [0.717, 1.165) is 5.92 Å². The first-order valence-electron chi connectivity index (χ1n) is 7.55. The summed E-state index contributed by atoms with van der Waals surface area (Å²) >= 11 is 0. The average Bonchev–Trinajstić information content (AvgIpc) is 2.94. The fourth-order valence-corrected chi connectivity index (χ4v) is 3.91. The molecular formula is C17H21N3. The first-order valence-corrected chi connectivity index (χ1v) is 7.55. The van der Waals surface area contributed by atoms with Gasteiger partial charge in [-0.05, 0) is 56.6 Å². The summed E-state index contributed by atoms with van der Waals surface area (Å²) in [6.07, 6.45) is 4.41. The third kappa shape index (κ3) is 1.65. The van der Waals surface area contributed by atoms with E-state index in [0.29, 0.717) is 11.8 Å². The molecule has 1 saturated carbocycles. The molecule has 4 rings (SSSR count). The van der Waals surface area contributed by atoms with Gasteiger partial charge in [0.05, 0.1) is 0 Å². The molecule has 104 valence electrons. The van der Waals surface area contributed by atoms with Crippen molar-refractivity contribution in [2.75, 3.05) is 0 Å². The summed E-state index contributed by atoms with van der Waals surface area (Å²) in [7, 11) is 0. The van der Waals surface area contributed by atoms with Gasteiger partial charge in [-0.2, -0.15) is 0 Å². The highest BCUT2D eigenvalue weighted by Gasteiger charge is 2.56. The van der Waals surface area contributed by atoms with Crippen LogP contribution in [0.2, 0.25) is 0 Å². The predicted molar refractivity (Wildman–Crippen MR) is 78.8 cm³/mol. The summed E-state index contributed by atoms with van der Waals surface area (Å²) in [5, 5.41) is 8.63. The van der Waals surface area contributed by atoms with Gasteiger partial charge in [0.15, 0.2) is 0 Å². The van der Waals surface area contributed by atoms with E-state index in [1.165, 1.54) is 24.2 Å². The molecule has 1 heterocycles. The second-order valence-corrected chi connectivity index (χ2v) is 7.18. The first-order chi connectivity index (χ1) is 9.57. The summed E-state index contributed by atoms with van der Waals surface area (Å²) in [6.45, 7) is 6.67. The molecule has 3 nitrogen and oxygen atoms in total. The number of nitrogens with zero attached hydrogens (tertiary/aromatic N) is 3. The van der Waals surface area contributed by atoms with E-state index in [4.69, 9.17) is 0 Å². The van der Waals surface area contributed by atoms with Crippen LogP contribution < -0.4 is 0 Å². The van der Waals surface area contributed by atoms with Gasteiger partial charge in [-0.25, -0.2) is 0 Å². The molecule has 1 aromatic heterocycles. The van der Waals surface area contributed by atoms with Gasteiger partial charge >= 0.3 is 0 Å². The monoisotopic (exact) mass is 267 g/mol. The predicted octanol–water partition coefficient (Wildman–Crippen LogP) is 3.48. The molecule has 3 heteroatoms. The molecule has 2 aliphatic rings. The van der Waals surface area contributed by atoms with Gasteiger partial charge < -0.3 is 4.57 Å². The molecule has 0 bridgehead atoms. The molecule has 3 atom stereocenters. The third-order valence-electron chi connectivity index (χ3n) is 4.92. The van der Waals surface area contributed by atoms with E-state index in [2.05, 4.69) is 59.8 Å². The van der Waals surface area contributed by atoms with Gasteiger partial charge in [0.25, 0.3) is 0 Å². The normalized spacial score (nSPS) is 27.9. The number of aryl methyl sites for hydroxylation is 1. The van der Waals surface area contributed by atoms with Crippen molar-refractivity contribution in [3.63, 3.8) is 0 Å². The molecule has 1 fully saturated rings. The van der Waals surface area contributed by atoms with Gasteiger partial charge in [-0.3, -0.25) is 0 Å². The van der Waals surface area contributed by atoms with Crippen LogP contribution in [-0.2, 0) is 12.0 Å². The van der Waals surface area contributed by atoms with Crippen LogP contribution in [0, 0.1) is 5.92 Å². The fraction of sp³-hybridized carbons (Fsp3) is 0.529. The Balaban J connectivity index is 1.73. The maximum absolute atomic E-state index is 4.45. The SMILES string of the molecule is CC(C)(C)n1cnnc1C1C2CCc3ccccc3C21. The summed E-state index contributed by atoms with van der Waals surface area (Å²) in [6, 6.07) is 8.93. The second kappa shape index (κ2) is 3.94. The Hall–Kier alpha value is -1.64. The lowest BCUT2D eigenvalue weighted by Crippen LogP contribution is -2.23. The van der Waals surface area contributed by atoms with Crippen molar-refractivity contribution in [3.8, 4) is 0 Å². The number of fused-ring (bicyclic) bond motifs is 3. The molecule has 0 amide bonds. The van der Waals surface area contributed by atoms with Crippen molar-refractivity contribution in [2.45, 2.75) is 51.0 Å². The van der Waals surface area contributed by atoms with Crippen molar-refractivity contribution in [1.29, 1.82) is 0 Å². The maximum atomic E-state index is 4.45. The molecule has 20 heavy (non-hydrogen) atoms. The Kier molecular flexibility index (Phi) is 2.39. The number of hydrogen-bond acceptors (Lipinski definition) is 2. The molecule has 2 aliphatic carbocycles. The highest BCUT2D eigenvalue weighted by molar-refractivity contribution is 5.43. The Morgan fingerprint density at radius 2 is 1.95 bits per heavy atom. The molecule has 0 aliphatic heterocycles. The molecule has 0 radical (unpaired) electrons. The average molecular weight is 267 g/mol. The summed E-state index contributed by atoms with van der Waals surface area (Å²) < 4.78 is 2.26. The Bertz CT molecular complexity index is 650. The Morgan fingerprint density at radius 3 is 2.75 bits per heavy atom. The molecule has 0 spiro atoms. The van der Waals surface area contributed by atoms with Gasteiger partial charge in [0.2, 0.25) is 0 Å². The molecule has 0 saturated heterocycles. The quantitative estimate of drug-likeness (QED) is 0.792. The first kappa shape index (κ1) is 12.1. The summed E-state index contributed by atoms with van der Waals surface area (Å²) in [5.74, 6) is 3.20. The zero-order valence-corrected chi connectivity index (χ0v) is 12.4. The molecule has 0 N–H and O–H groups in total. The van der Waals surface area contributed by atoms with Crippen molar-refractivity contribution in [1.82, 2.24) is 14.8 Å². The highest BCUT2D eigenvalue weighted by Crippen LogP contribution is 2.64. The van der Waals surface area contributed by atoms with Crippen LogP contribution in [0.3, 0.4) is 0 Å². The largest absolute Gasteiger partial charge is 0.312 e. The van der Waals surface area contributed by atoms with Crippen molar-refractivity contribution >= 4 is 0 Å². The van der Waals surface area contributed by atoms with E-state index < -0.39 is 0 Å². The van der Waals surface area contributed by atoms with Crippen LogP contribution in [0.5, 0.6) is 0 Å². The topological polar surface area (TPSA) is 30.7 Å². The fourth-order valence-electron chi connectivity index (χ4n) is 3.91. The highest BCUT2D eigenvalue weighted by atomic mass is 15.3. The van der Waals surface area contributed by atoms with Crippen molar-refractivity contribution < 1.29 is 0 Å². The number of benzene rings is 1. The lowest BCUT2D eigenvalue weighted by atomic mass is 9.92.